The predicted molar refractivity (Wildman–Crippen MR) is 67.9 cm³/mol. The molecule has 1 rings (SSSR count). The summed E-state index contributed by atoms with van der Waals surface area (Å²) in [7, 11) is 0. The molecule has 0 aromatic heterocycles. The number of rotatable bonds is 4. The normalized spacial score (nSPS) is 23.3. The molecular formula is C12H23N3O3. The summed E-state index contributed by atoms with van der Waals surface area (Å²) >= 11 is 0. The molecule has 2 unspecified atom stereocenters. The molecular weight excluding hydrogens is 234 g/mol. The molecule has 1 fully saturated rings. The van der Waals surface area contributed by atoms with Crippen molar-refractivity contribution in [1.82, 2.24) is 10.2 Å². The third-order valence-corrected chi connectivity index (χ3v) is 3.27. The van der Waals surface area contributed by atoms with Gasteiger partial charge in [0.15, 0.2) is 0 Å². The molecule has 1 heterocycles. The Morgan fingerprint density at radius 1 is 1.50 bits per heavy atom. The minimum absolute atomic E-state index is 0.183. The lowest BCUT2D eigenvalue weighted by molar-refractivity contribution is -0.152. The SMILES string of the molecule is CCNC(=O)C1COCCN1C(=O)C(C)(N)CC. The van der Waals surface area contributed by atoms with Crippen LogP contribution in [0.2, 0.25) is 0 Å². The molecule has 1 saturated heterocycles. The highest BCUT2D eigenvalue weighted by Gasteiger charge is 2.39. The first-order valence-corrected chi connectivity index (χ1v) is 6.39. The second-order valence-electron chi connectivity index (χ2n) is 4.75. The van der Waals surface area contributed by atoms with E-state index in [0.717, 1.165) is 0 Å². The zero-order chi connectivity index (χ0) is 13.8. The summed E-state index contributed by atoms with van der Waals surface area (Å²) in [6.07, 6.45) is 0.533. The van der Waals surface area contributed by atoms with E-state index in [-0.39, 0.29) is 18.4 Å². The van der Waals surface area contributed by atoms with E-state index < -0.39 is 11.6 Å². The van der Waals surface area contributed by atoms with E-state index >= 15 is 0 Å². The first-order valence-electron chi connectivity index (χ1n) is 6.39. The topological polar surface area (TPSA) is 84.7 Å². The lowest BCUT2D eigenvalue weighted by Gasteiger charge is -2.38. The third-order valence-electron chi connectivity index (χ3n) is 3.27. The van der Waals surface area contributed by atoms with E-state index in [2.05, 4.69) is 5.32 Å². The van der Waals surface area contributed by atoms with Crippen LogP contribution in [0.4, 0.5) is 0 Å². The quantitative estimate of drug-likeness (QED) is 0.709. The van der Waals surface area contributed by atoms with Crippen LogP contribution in [-0.4, -0.2) is 54.6 Å². The Labute approximate surface area is 108 Å². The average Bonchev–Trinajstić information content (AvgIpc) is 2.38. The first-order chi connectivity index (χ1) is 8.44. The molecule has 104 valence electrons. The van der Waals surface area contributed by atoms with E-state index in [9.17, 15) is 9.59 Å². The molecule has 3 N–H and O–H groups in total. The standard InChI is InChI=1S/C12H23N3O3/c1-4-12(3,13)11(17)15-6-7-18-8-9(15)10(16)14-5-2/h9H,4-8,13H2,1-3H3,(H,14,16). The third kappa shape index (κ3) is 3.20. The lowest BCUT2D eigenvalue weighted by atomic mass is 9.97. The summed E-state index contributed by atoms with van der Waals surface area (Å²) in [5.74, 6) is -0.373. The molecule has 0 radical (unpaired) electrons. The Balaban J connectivity index is 2.82. The molecule has 0 aliphatic carbocycles. The van der Waals surface area contributed by atoms with Gasteiger partial charge in [-0.1, -0.05) is 6.92 Å². The minimum Gasteiger partial charge on any atom is -0.377 e. The van der Waals surface area contributed by atoms with Crippen LogP contribution in [0.1, 0.15) is 27.2 Å². The van der Waals surface area contributed by atoms with E-state index in [1.807, 2.05) is 13.8 Å². The maximum absolute atomic E-state index is 12.3. The highest BCUT2D eigenvalue weighted by atomic mass is 16.5. The number of hydrogen-bond acceptors (Lipinski definition) is 4. The van der Waals surface area contributed by atoms with Gasteiger partial charge in [0, 0.05) is 13.1 Å². The molecule has 0 aromatic carbocycles. The molecule has 0 aromatic rings. The largest absolute Gasteiger partial charge is 0.377 e. The highest BCUT2D eigenvalue weighted by molar-refractivity contribution is 5.92. The fraction of sp³-hybridized carbons (Fsp3) is 0.833. The average molecular weight is 257 g/mol. The number of carbonyl (C=O) groups excluding carboxylic acids is 2. The number of ether oxygens (including phenoxy) is 1. The zero-order valence-corrected chi connectivity index (χ0v) is 11.4. The summed E-state index contributed by atoms with van der Waals surface area (Å²) in [5, 5.41) is 2.72. The van der Waals surface area contributed by atoms with Gasteiger partial charge in [-0.3, -0.25) is 9.59 Å². The van der Waals surface area contributed by atoms with Crippen molar-refractivity contribution < 1.29 is 14.3 Å². The first kappa shape index (κ1) is 14.9. The molecule has 0 bridgehead atoms. The summed E-state index contributed by atoms with van der Waals surface area (Å²) in [4.78, 5) is 25.8. The number of nitrogens with one attached hydrogen (secondary N) is 1. The van der Waals surface area contributed by atoms with E-state index in [1.54, 1.807) is 6.92 Å². The van der Waals surface area contributed by atoms with E-state index in [1.165, 1.54) is 4.90 Å². The molecule has 18 heavy (non-hydrogen) atoms. The molecule has 2 atom stereocenters. The molecule has 6 nitrogen and oxygen atoms in total. The number of nitrogens with two attached hydrogens (primary N) is 1. The van der Waals surface area contributed by atoms with Crippen LogP contribution in [0.25, 0.3) is 0 Å². The van der Waals surface area contributed by atoms with Crippen molar-refractivity contribution in [2.75, 3.05) is 26.3 Å². The molecule has 1 aliphatic rings. The molecule has 0 spiro atoms. The second kappa shape index (κ2) is 6.15. The van der Waals surface area contributed by atoms with Gasteiger partial charge >= 0.3 is 0 Å². The van der Waals surface area contributed by atoms with Crippen LogP contribution in [-0.2, 0) is 14.3 Å². The fourth-order valence-electron chi connectivity index (χ4n) is 1.84. The number of hydrogen-bond donors (Lipinski definition) is 2. The summed E-state index contributed by atoms with van der Waals surface area (Å²) < 4.78 is 5.28. The van der Waals surface area contributed by atoms with Crippen molar-refractivity contribution in [3.8, 4) is 0 Å². The van der Waals surface area contributed by atoms with Crippen LogP contribution < -0.4 is 11.1 Å². The van der Waals surface area contributed by atoms with Gasteiger partial charge < -0.3 is 20.7 Å². The Morgan fingerprint density at radius 2 is 2.17 bits per heavy atom. The van der Waals surface area contributed by atoms with Gasteiger partial charge in [-0.2, -0.15) is 0 Å². The van der Waals surface area contributed by atoms with Gasteiger partial charge in [0.2, 0.25) is 11.8 Å². The molecule has 0 saturated carbocycles. The zero-order valence-electron chi connectivity index (χ0n) is 11.4. The van der Waals surface area contributed by atoms with Crippen LogP contribution in [0.15, 0.2) is 0 Å². The summed E-state index contributed by atoms with van der Waals surface area (Å²) in [5.41, 5.74) is 5.03. The number of nitrogens with zero attached hydrogens (tertiary/aromatic N) is 1. The smallest absolute Gasteiger partial charge is 0.245 e. The highest BCUT2D eigenvalue weighted by Crippen LogP contribution is 2.15. The van der Waals surface area contributed by atoms with Crippen molar-refractivity contribution in [3.63, 3.8) is 0 Å². The molecule has 1 aliphatic heterocycles. The monoisotopic (exact) mass is 257 g/mol. The van der Waals surface area contributed by atoms with Crippen molar-refractivity contribution in [3.05, 3.63) is 0 Å². The van der Waals surface area contributed by atoms with Crippen molar-refractivity contribution in [2.24, 2.45) is 5.73 Å². The number of amides is 2. The van der Waals surface area contributed by atoms with Crippen molar-refractivity contribution in [1.29, 1.82) is 0 Å². The van der Waals surface area contributed by atoms with Gasteiger partial charge in [0.25, 0.3) is 0 Å². The van der Waals surface area contributed by atoms with Crippen LogP contribution in [0.5, 0.6) is 0 Å². The van der Waals surface area contributed by atoms with Crippen molar-refractivity contribution >= 4 is 11.8 Å². The van der Waals surface area contributed by atoms with Gasteiger partial charge in [-0.15, -0.1) is 0 Å². The van der Waals surface area contributed by atoms with Gasteiger partial charge in [-0.05, 0) is 20.3 Å². The Bertz CT molecular complexity index is 318. The minimum atomic E-state index is -0.928. The fourth-order valence-corrected chi connectivity index (χ4v) is 1.84. The van der Waals surface area contributed by atoms with Gasteiger partial charge in [-0.25, -0.2) is 0 Å². The summed E-state index contributed by atoms with van der Waals surface area (Å²) in [6.45, 7) is 7.02. The number of carbonyl (C=O) groups is 2. The maximum Gasteiger partial charge on any atom is 0.245 e. The lowest BCUT2D eigenvalue weighted by Crippen LogP contribution is -2.62. The predicted octanol–water partition coefficient (Wildman–Crippen LogP) is -0.523. The Kier molecular flexibility index (Phi) is 5.10. The maximum atomic E-state index is 12.3. The number of morpholine rings is 1. The summed E-state index contributed by atoms with van der Waals surface area (Å²) in [6, 6.07) is -0.569. The molecule has 6 heteroatoms. The van der Waals surface area contributed by atoms with Crippen LogP contribution in [0.3, 0.4) is 0 Å². The van der Waals surface area contributed by atoms with Crippen molar-refractivity contribution in [2.45, 2.75) is 38.8 Å². The second-order valence-corrected chi connectivity index (χ2v) is 4.75. The Morgan fingerprint density at radius 3 is 2.72 bits per heavy atom. The van der Waals surface area contributed by atoms with E-state index in [4.69, 9.17) is 10.5 Å². The Hall–Kier alpha value is -1.14. The van der Waals surface area contributed by atoms with Gasteiger partial charge in [0.1, 0.15) is 6.04 Å². The number of likely N-dealkylation sites (N-methyl/N-ethyl adjacent to an activating group) is 1. The van der Waals surface area contributed by atoms with Crippen LogP contribution in [0, 0.1) is 0 Å². The van der Waals surface area contributed by atoms with Crippen LogP contribution >= 0.6 is 0 Å². The van der Waals surface area contributed by atoms with Gasteiger partial charge in [0.05, 0.1) is 18.8 Å². The molecule has 2 amide bonds. The van der Waals surface area contributed by atoms with E-state index in [0.29, 0.717) is 26.1 Å².